The highest BCUT2D eigenvalue weighted by atomic mass is 35.5. The van der Waals surface area contributed by atoms with Gasteiger partial charge in [0.05, 0.1) is 17.4 Å². The Morgan fingerprint density at radius 3 is 2.27 bits per heavy atom. The van der Waals surface area contributed by atoms with E-state index in [0.29, 0.717) is 34.6 Å². The molecule has 1 saturated heterocycles. The smallest absolute Gasteiger partial charge is 0.475 e. The summed E-state index contributed by atoms with van der Waals surface area (Å²) < 4.78 is 46.2. The number of anilines is 1. The number of nitrogens with one attached hydrogen (secondary N) is 1. The number of ether oxygens (including phenoxy) is 1. The third kappa shape index (κ3) is 8.67. The van der Waals surface area contributed by atoms with Gasteiger partial charge in [-0.25, -0.2) is 9.59 Å². The van der Waals surface area contributed by atoms with E-state index in [-0.39, 0.29) is 6.03 Å². The van der Waals surface area contributed by atoms with Crippen LogP contribution in [0.2, 0.25) is 10.0 Å². The van der Waals surface area contributed by atoms with Crippen molar-refractivity contribution in [1.82, 2.24) is 18.5 Å². The van der Waals surface area contributed by atoms with Crippen molar-refractivity contribution >= 4 is 63.7 Å². The van der Waals surface area contributed by atoms with Crippen molar-refractivity contribution in [3.63, 3.8) is 0 Å². The van der Waals surface area contributed by atoms with Crippen LogP contribution in [-0.4, -0.2) is 68.0 Å². The van der Waals surface area contributed by atoms with Crippen LogP contribution in [0.4, 0.5) is 23.7 Å². The third-order valence-corrected chi connectivity index (χ3v) is 6.79. The first-order valence-electron chi connectivity index (χ1n) is 12.0. The summed E-state index contributed by atoms with van der Waals surface area (Å²) in [4.78, 5) is 25.8. The molecule has 2 heterocycles. The number of carbonyl (C=O) groups is 2. The second kappa shape index (κ2) is 13.3. The van der Waals surface area contributed by atoms with Crippen LogP contribution in [0.1, 0.15) is 5.56 Å². The van der Waals surface area contributed by atoms with E-state index in [1.54, 1.807) is 18.2 Å². The predicted octanol–water partition coefficient (Wildman–Crippen LogP) is 6.77. The number of hydrogen-bond donors (Lipinski definition) is 2. The normalized spacial score (nSPS) is 13.8. The molecule has 0 aliphatic carbocycles. The molecule has 9 nitrogen and oxygen atoms in total. The van der Waals surface area contributed by atoms with E-state index in [9.17, 15) is 18.0 Å². The summed E-state index contributed by atoms with van der Waals surface area (Å²) in [6.45, 7) is 3.63. The molecule has 5 rings (SSSR count). The van der Waals surface area contributed by atoms with Crippen molar-refractivity contribution in [3.05, 3.63) is 76.3 Å². The molecule has 15 heteroatoms. The fourth-order valence-corrected chi connectivity index (χ4v) is 4.96. The number of carboxylic acids is 1. The molecular weight excluding hydrogens is 606 g/mol. The minimum Gasteiger partial charge on any atom is -0.475 e. The molecule has 1 aromatic heterocycles. The maximum absolute atomic E-state index is 12.8. The van der Waals surface area contributed by atoms with E-state index in [1.807, 2.05) is 41.3 Å². The number of amides is 2. The number of urea groups is 1. The molecule has 41 heavy (non-hydrogen) atoms. The number of alkyl halides is 3. The zero-order valence-corrected chi connectivity index (χ0v) is 23.4. The Morgan fingerprint density at radius 1 is 0.951 bits per heavy atom. The van der Waals surface area contributed by atoms with E-state index >= 15 is 0 Å². The lowest BCUT2D eigenvalue weighted by Crippen LogP contribution is -2.49. The highest BCUT2D eigenvalue weighted by Crippen LogP contribution is 2.29. The average molecular weight is 628 g/mol. The minimum absolute atomic E-state index is 0.115. The number of benzene rings is 3. The Morgan fingerprint density at radius 2 is 1.61 bits per heavy atom. The Bertz CT molecular complexity index is 1510. The molecule has 4 aromatic rings. The van der Waals surface area contributed by atoms with Gasteiger partial charge in [-0.15, -0.1) is 0 Å². The first kappa shape index (κ1) is 30.3. The molecule has 2 N–H and O–H groups in total. The first-order valence-corrected chi connectivity index (χ1v) is 13.5. The number of fused-ring (bicyclic) bond motifs is 1. The van der Waals surface area contributed by atoms with Gasteiger partial charge in [-0.2, -0.15) is 21.9 Å². The van der Waals surface area contributed by atoms with Crippen LogP contribution < -0.4 is 10.1 Å². The standard InChI is InChI=1S/C24H21Cl2N5O2S.C2HF3O2/c25-17-12-18(26)14-20(13-17)33-19-4-1-3-16(11-19)15-30-7-9-31(10-8-30)24(32)27-21-5-2-6-22-23(21)29-34-28-22;3-2(4,5)1(6)7/h1-6,11-14H,7-10,15H2,(H,27,32);(H,6,7). The summed E-state index contributed by atoms with van der Waals surface area (Å²) in [6.07, 6.45) is -5.08. The van der Waals surface area contributed by atoms with E-state index in [2.05, 4.69) is 25.0 Å². The summed E-state index contributed by atoms with van der Waals surface area (Å²) in [5.74, 6) is -1.44. The summed E-state index contributed by atoms with van der Waals surface area (Å²) in [5.41, 5.74) is 3.33. The zero-order valence-electron chi connectivity index (χ0n) is 21.1. The molecule has 216 valence electrons. The Kier molecular flexibility index (Phi) is 9.86. The molecule has 0 bridgehead atoms. The summed E-state index contributed by atoms with van der Waals surface area (Å²) in [6, 6.07) is 18.6. The minimum atomic E-state index is -5.08. The van der Waals surface area contributed by atoms with Gasteiger partial charge < -0.3 is 20.1 Å². The largest absolute Gasteiger partial charge is 0.490 e. The summed E-state index contributed by atoms with van der Waals surface area (Å²) >= 11 is 13.3. The van der Waals surface area contributed by atoms with Gasteiger partial charge in [-0.1, -0.05) is 41.4 Å². The van der Waals surface area contributed by atoms with Crippen LogP contribution in [0.15, 0.2) is 60.7 Å². The Balaban J connectivity index is 0.000000493. The van der Waals surface area contributed by atoms with Gasteiger partial charge in [-0.05, 0) is 48.0 Å². The Labute approximate surface area is 246 Å². The number of rotatable bonds is 5. The quantitative estimate of drug-likeness (QED) is 0.251. The van der Waals surface area contributed by atoms with Crippen molar-refractivity contribution in [2.45, 2.75) is 12.7 Å². The maximum atomic E-state index is 12.8. The lowest BCUT2D eigenvalue weighted by molar-refractivity contribution is -0.192. The lowest BCUT2D eigenvalue weighted by atomic mass is 10.2. The zero-order chi connectivity index (χ0) is 29.6. The number of nitrogens with zero attached hydrogens (tertiary/aromatic N) is 4. The van der Waals surface area contributed by atoms with Gasteiger partial charge in [0.15, 0.2) is 0 Å². The van der Waals surface area contributed by atoms with Crippen LogP contribution in [0.5, 0.6) is 11.5 Å². The van der Waals surface area contributed by atoms with Gasteiger partial charge >= 0.3 is 18.2 Å². The van der Waals surface area contributed by atoms with Crippen LogP contribution in [0.25, 0.3) is 11.0 Å². The topological polar surface area (TPSA) is 108 Å². The van der Waals surface area contributed by atoms with Gasteiger partial charge in [0.1, 0.15) is 22.5 Å². The van der Waals surface area contributed by atoms with Crippen molar-refractivity contribution in [1.29, 1.82) is 0 Å². The third-order valence-electron chi connectivity index (χ3n) is 5.81. The molecule has 0 atom stereocenters. The predicted molar refractivity (Wildman–Crippen MR) is 150 cm³/mol. The molecule has 2 amide bonds. The fraction of sp³-hybridized carbons (Fsp3) is 0.231. The molecule has 0 unspecified atom stereocenters. The molecule has 1 aliphatic rings. The monoisotopic (exact) mass is 627 g/mol. The number of aliphatic carboxylic acids is 1. The number of aromatic nitrogens is 2. The molecule has 0 spiro atoms. The molecule has 1 fully saturated rings. The number of halogens is 5. The number of carbonyl (C=O) groups excluding carboxylic acids is 1. The maximum Gasteiger partial charge on any atom is 0.490 e. The second-order valence-corrected chi connectivity index (χ2v) is 10.2. The van der Waals surface area contributed by atoms with Crippen molar-refractivity contribution in [2.75, 3.05) is 31.5 Å². The molecule has 3 aromatic carbocycles. The lowest BCUT2D eigenvalue weighted by Gasteiger charge is -2.34. The van der Waals surface area contributed by atoms with E-state index < -0.39 is 12.1 Å². The summed E-state index contributed by atoms with van der Waals surface area (Å²) in [7, 11) is 0. The number of hydrogen-bond acceptors (Lipinski definition) is 7. The Hall–Kier alpha value is -3.65. The van der Waals surface area contributed by atoms with Crippen molar-refractivity contribution in [3.8, 4) is 11.5 Å². The highest BCUT2D eigenvalue weighted by Gasteiger charge is 2.38. The van der Waals surface area contributed by atoms with Crippen molar-refractivity contribution in [2.24, 2.45) is 0 Å². The molecule has 1 aliphatic heterocycles. The van der Waals surface area contributed by atoms with Crippen LogP contribution in [-0.2, 0) is 11.3 Å². The molecule has 0 saturated carbocycles. The SMILES string of the molecule is O=C(Nc1cccc2nsnc12)N1CCN(Cc2cccc(Oc3cc(Cl)cc(Cl)c3)c2)CC1.O=C(O)C(F)(F)F. The van der Waals surface area contributed by atoms with Gasteiger partial charge in [0.25, 0.3) is 0 Å². The average Bonchev–Trinajstić information content (AvgIpc) is 3.39. The van der Waals surface area contributed by atoms with Crippen LogP contribution >= 0.6 is 34.9 Å². The van der Waals surface area contributed by atoms with Gasteiger partial charge in [-0.3, -0.25) is 4.90 Å². The number of piperazine rings is 1. The van der Waals surface area contributed by atoms with Gasteiger partial charge in [0.2, 0.25) is 0 Å². The number of carboxylic acid groups (broad SMARTS) is 1. The van der Waals surface area contributed by atoms with Gasteiger partial charge in [0, 0.05) is 42.8 Å². The second-order valence-electron chi connectivity index (χ2n) is 8.79. The first-order chi connectivity index (χ1) is 19.5. The van der Waals surface area contributed by atoms with Crippen LogP contribution in [0, 0.1) is 0 Å². The van der Waals surface area contributed by atoms with Crippen molar-refractivity contribution < 1.29 is 32.6 Å². The fourth-order valence-electron chi connectivity index (χ4n) is 3.90. The highest BCUT2D eigenvalue weighted by molar-refractivity contribution is 7.00. The van der Waals surface area contributed by atoms with E-state index in [1.165, 1.54) is 0 Å². The van der Waals surface area contributed by atoms with Crippen LogP contribution in [0.3, 0.4) is 0 Å². The summed E-state index contributed by atoms with van der Waals surface area (Å²) in [5, 5.41) is 11.2. The van der Waals surface area contributed by atoms with E-state index in [0.717, 1.165) is 53.7 Å². The molecular formula is C26H22Cl2F3N5O4S. The molecule has 0 radical (unpaired) electrons. The van der Waals surface area contributed by atoms with E-state index in [4.69, 9.17) is 37.8 Å².